The largest absolute Gasteiger partial charge is 0.455 e. The van der Waals surface area contributed by atoms with E-state index in [2.05, 4.69) is 31.2 Å². The van der Waals surface area contributed by atoms with Gasteiger partial charge in [0.25, 0.3) is 0 Å². The lowest BCUT2D eigenvalue weighted by atomic mass is 10.2. The van der Waals surface area contributed by atoms with Gasteiger partial charge in [0, 0.05) is 28.7 Å². The molecule has 0 aliphatic rings. The van der Waals surface area contributed by atoms with Crippen LogP contribution in [0.3, 0.4) is 0 Å². The number of aromatic nitrogens is 2. The maximum absolute atomic E-state index is 6.00. The van der Waals surface area contributed by atoms with Crippen LogP contribution in [0.15, 0.2) is 53.3 Å². The van der Waals surface area contributed by atoms with E-state index in [0.29, 0.717) is 12.3 Å². The summed E-state index contributed by atoms with van der Waals surface area (Å²) in [6, 6.07) is 11.8. The van der Waals surface area contributed by atoms with Crippen LogP contribution in [-0.4, -0.2) is 17.0 Å². The molecule has 0 aliphatic heterocycles. The van der Waals surface area contributed by atoms with E-state index >= 15 is 0 Å². The molecule has 3 aromatic rings. The molecule has 0 spiro atoms. The highest BCUT2D eigenvalue weighted by Gasteiger charge is 2.08. The van der Waals surface area contributed by atoms with Crippen molar-refractivity contribution in [3.05, 3.63) is 59.0 Å². The van der Waals surface area contributed by atoms with Gasteiger partial charge in [-0.05, 0) is 41.2 Å². The van der Waals surface area contributed by atoms with Crippen LogP contribution < -0.4 is 10.1 Å². The first-order valence-corrected chi connectivity index (χ1v) is 7.37. The second-order valence-electron chi connectivity index (χ2n) is 4.60. The van der Waals surface area contributed by atoms with Gasteiger partial charge in [-0.1, -0.05) is 12.1 Å². The maximum Gasteiger partial charge on any atom is 0.146 e. The van der Waals surface area contributed by atoms with E-state index < -0.39 is 0 Å². The number of benzene rings is 1. The maximum atomic E-state index is 6.00. The monoisotopic (exact) mass is 343 g/mol. The molecule has 0 aliphatic carbocycles. The molecule has 0 saturated heterocycles. The average Bonchev–Trinajstić information content (AvgIpc) is 2.48. The van der Waals surface area contributed by atoms with Gasteiger partial charge in [0.1, 0.15) is 11.5 Å². The van der Waals surface area contributed by atoms with Gasteiger partial charge in [-0.25, -0.2) is 0 Å². The molecule has 0 saturated carbocycles. The number of nitrogens with zero attached hydrogens (tertiary/aromatic N) is 2. The van der Waals surface area contributed by atoms with Gasteiger partial charge in [0.2, 0.25) is 0 Å². The summed E-state index contributed by atoms with van der Waals surface area (Å²) in [6.07, 6.45) is 3.42. The van der Waals surface area contributed by atoms with Crippen LogP contribution in [0.4, 0.5) is 0 Å². The van der Waals surface area contributed by atoms with Crippen molar-refractivity contribution in [1.29, 1.82) is 0 Å². The van der Waals surface area contributed by atoms with E-state index in [1.165, 1.54) is 0 Å². The Bertz CT molecular complexity index is 776. The van der Waals surface area contributed by atoms with Gasteiger partial charge >= 0.3 is 0 Å². The molecule has 4 nitrogen and oxygen atoms in total. The first-order chi connectivity index (χ1) is 10.3. The molecule has 21 heavy (non-hydrogen) atoms. The first kappa shape index (κ1) is 14.0. The molecule has 0 fully saturated rings. The molecular formula is C16H14BrN3O. The standard InChI is InChI=1S/C16H14BrN3O/c1-18-9-12-7-16(14-4-2-3-5-15(14)20-12)21-13-6-11(17)8-19-10-13/h2-8,10,18H,9H2,1H3. The Morgan fingerprint density at radius 2 is 2.05 bits per heavy atom. The van der Waals surface area contributed by atoms with Crippen LogP contribution in [0.1, 0.15) is 5.69 Å². The number of rotatable bonds is 4. The molecular weight excluding hydrogens is 330 g/mol. The van der Waals surface area contributed by atoms with E-state index in [0.717, 1.165) is 26.8 Å². The second-order valence-corrected chi connectivity index (χ2v) is 5.52. The fourth-order valence-corrected chi connectivity index (χ4v) is 2.47. The molecule has 1 aromatic carbocycles. The molecule has 0 bridgehead atoms. The second kappa shape index (κ2) is 6.20. The van der Waals surface area contributed by atoms with Gasteiger partial charge in [-0.3, -0.25) is 9.97 Å². The highest BCUT2D eigenvalue weighted by atomic mass is 79.9. The summed E-state index contributed by atoms with van der Waals surface area (Å²) >= 11 is 3.40. The Hall–Kier alpha value is -1.98. The summed E-state index contributed by atoms with van der Waals surface area (Å²) in [4.78, 5) is 8.74. The molecule has 0 unspecified atom stereocenters. The van der Waals surface area contributed by atoms with E-state index in [1.807, 2.05) is 43.4 Å². The number of nitrogens with one attached hydrogen (secondary N) is 1. The summed E-state index contributed by atoms with van der Waals surface area (Å²) in [5.74, 6) is 1.47. The Labute approximate surface area is 131 Å². The fraction of sp³-hybridized carbons (Fsp3) is 0.125. The highest BCUT2D eigenvalue weighted by molar-refractivity contribution is 9.10. The van der Waals surface area contributed by atoms with E-state index in [1.54, 1.807) is 12.4 Å². The minimum atomic E-state index is 0.691. The van der Waals surface area contributed by atoms with Crippen molar-refractivity contribution >= 4 is 26.8 Å². The molecule has 0 radical (unpaired) electrons. The van der Waals surface area contributed by atoms with Crippen molar-refractivity contribution in [3.8, 4) is 11.5 Å². The highest BCUT2D eigenvalue weighted by Crippen LogP contribution is 2.30. The van der Waals surface area contributed by atoms with Gasteiger partial charge in [0.15, 0.2) is 0 Å². The molecule has 1 N–H and O–H groups in total. The zero-order valence-corrected chi connectivity index (χ0v) is 13.1. The Balaban J connectivity index is 2.07. The number of ether oxygens (including phenoxy) is 1. The minimum absolute atomic E-state index is 0.691. The van der Waals surface area contributed by atoms with Crippen LogP contribution in [0.2, 0.25) is 0 Å². The Kier molecular flexibility index (Phi) is 4.13. The average molecular weight is 344 g/mol. The number of pyridine rings is 2. The third kappa shape index (κ3) is 3.20. The smallest absolute Gasteiger partial charge is 0.146 e. The van der Waals surface area contributed by atoms with Crippen molar-refractivity contribution in [3.63, 3.8) is 0 Å². The number of para-hydroxylation sites is 1. The van der Waals surface area contributed by atoms with E-state index in [9.17, 15) is 0 Å². The van der Waals surface area contributed by atoms with E-state index in [4.69, 9.17) is 4.74 Å². The van der Waals surface area contributed by atoms with Crippen molar-refractivity contribution < 1.29 is 4.74 Å². The lowest BCUT2D eigenvalue weighted by molar-refractivity contribution is 0.484. The first-order valence-electron chi connectivity index (χ1n) is 6.58. The molecule has 106 valence electrons. The number of halogens is 1. The predicted molar refractivity (Wildman–Crippen MR) is 86.5 cm³/mol. The van der Waals surface area contributed by atoms with Crippen molar-refractivity contribution in [2.24, 2.45) is 0 Å². The SMILES string of the molecule is CNCc1cc(Oc2cncc(Br)c2)c2ccccc2n1. The van der Waals surface area contributed by atoms with E-state index in [-0.39, 0.29) is 0 Å². The zero-order chi connectivity index (χ0) is 14.7. The quantitative estimate of drug-likeness (QED) is 0.780. The fourth-order valence-electron chi connectivity index (χ4n) is 2.13. The summed E-state index contributed by atoms with van der Waals surface area (Å²) in [5.41, 5.74) is 1.86. The Morgan fingerprint density at radius 3 is 2.86 bits per heavy atom. The molecule has 5 heteroatoms. The lowest BCUT2D eigenvalue weighted by Gasteiger charge is -2.11. The van der Waals surface area contributed by atoms with Gasteiger partial charge in [0.05, 0.1) is 17.4 Å². The normalized spacial score (nSPS) is 10.8. The molecule has 0 atom stereocenters. The third-order valence-corrected chi connectivity index (χ3v) is 3.43. The minimum Gasteiger partial charge on any atom is -0.455 e. The third-order valence-electron chi connectivity index (χ3n) is 3.00. The molecule has 0 amide bonds. The van der Waals surface area contributed by atoms with Crippen molar-refractivity contribution in [2.45, 2.75) is 6.54 Å². The number of hydrogen-bond donors (Lipinski definition) is 1. The van der Waals surface area contributed by atoms with Crippen LogP contribution in [0, 0.1) is 0 Å². The van der Waals surface area contributed by atoms with Gasteiger partial charge in [-0.2, -0.15) is 0 Å². The predicted octanol–water partition coefficient (Wildman–Crippen LogP) is 3.90. The topological polar surface area (TPSA) is 47.0 Å². The van der Waals surface area contributed by atoms with Crippen LogP contribution in [-0.2, 0) is 6.54 Å². The number of hydrogen-bond acceptors (Lipinski definition) is 4. The van der Waals surface area contributed by atoms with Crippen LogP contribution >= 0.6 is 15.9 Å². The lowest BCUT2D eigenvalue weighted by Crippen LogP contribution is -2.07. The van der Waals surface area contributed by atoms with Crippen molar-refractivity contribution in [2.75, 3.05) is 7.05 Å². The summed E-state index contributed by atoms with van der Waals surface area (Å²) in [7, 11) is 1.90. The van der Waals surface area contributed by atoms with Gasteiger partial charge < -0.3 is 10.1 Å². The van der Waals surface area contributed by atoms with Crippen LogP contribution in [0.5, 0.6) is 11.5 Å². The molecule has 2 aromatic heterocycles. The molecule has 2 heterocycles. The van der Waals surface area contributed by atoms with Crippen LogP contribution in [0.25, 0.3) is 10.9 Å². The summed E-state index contributed by atoms with van der Waals surface area (Å²) < 4.78 is 6.88. The summed E-state index contributed by atoms with van der Waals surface area (Å²) in [6.45, 7) is 0.692. The summed E-state index contributed by atoms with van der Waals surface area (Å²) in [5, 5.41) is 4.09. The van der Waals surface area contributed by atoms with Gasteiger partial charge in [-0.15, -0.1) is 0 Å². The zero-order valence-electron chi connectivity index (χ0n) is 11.5. The number of fused-ring (bicyclic) bond motifs is 1. The Morgan fingerprint density at radius 1 is 1.19 bits per heavy atom. The van der Waals surface area contributed by atoms with Crippen molar-refractivity contribution in [1.82, 2.24) is 15.3 Å². The molecule has 3 rings (SSSR count).